The van der Waals surface area contributed by atoms with Gasteiger partial charge in [0, 0.05) is 6.42 Å². The molecule has 6 nitrogen and oxygen atoms in total. The Labute approximate surface area is 81.0 Å². The number of nitrogens with zero attached hydrogens (tertiary/aromatic N) is 1. The number of piperidine rings is 1. The summed E-state index contributed by atoms with van der Waals surface area (Å²) in [6, 6.07) is -0.724. The van der Waals surface area contributed by atoms with Gasteiger partial charge < -0.3 is 25.5 Å². The van der Waals surface area contributed by atoms with E-state index in [4.69, 9.17) is 0 Å². The van der Waals surface area contributed by atoms with Crippen LogP contribution in [-0.4, -0.2) is 73.7 Å². The molecule has 82 valence electrons. The van der Waals surface area contributed by atoms with Crippen molar-refractivity contribution >= 4 is 0 Å². The van der Waals surface area contributed by atoms with Crippen LogP contribution in [0.1, 0.15) is 6.42 Å². The first-order chi connectivity index (χ1) is 6.39. The monoisotopic (exact) mass is 205 g/mol. The zero-order valence-corrected chi connectivity index (χ0v) is 7.78. The van der Waals surface area contributed by atoms with E-state index < -0.39 is 36.2 Å². The second-order valence-electron chi connectivity index (χ2n) is 4.18. The van der Waals surface area contributed by atoms with E-state index in [2.05, 4.69) is 0 Å². The molecule has 0 unspecified atom stereocenters. The number of rotatable bonds is 0. The summed E-state index contributed by atoms with van der Waals surface area (Å²) in [5.41, 5.74) is -1.64. The third-order valence-electron chi connectivity index (χ3n) is 3.46. The van der Waals surface area contributed by atoms with Crippen LogP contribution in [0.2, 0.25) is 0 Å². The predicted molar refractivity (Wildman–Crippen MR) is 45.1 cm³/mol. The summed E-state index contributed by atoms with van der Waals surface area (Å²) in [6.07, 6.45) is -5.13. The van der Waals surface area contributed by atoms with Crippen LogP contribution in [0.5, 0.6) is 0 Å². The third kappa shape index (κ3) is 1.01. The Morgan fingerprint density at radius 2 is 1.71 bits per heavy atom. The molecule has 2 fully saturated rings. The molecule has 2 bridgehead atoms. The Hall–Kier alpha value is -0.240. The summed E-state index contributed by atoms with van der Waals surface area (Å²) in [4.78, 5) is 1.32. The second-order valence-corrected chi connectivity index (χ2v) is 4.18. The first-order valence-corrected chi connectivity index (χ1v) is 4.57. The van der Waals surface area contributed by atoms with Crippen molar-refractivity contribution in [2.24, 2.45) is 0 Å². The topological polar surface area (TPSA) is 104 Å². The smallest absolute Gasteiger partial charge is 0.149 e. The van der Waals surface area contributed by atoms with Crippen LogP contribution in [0.4, 0.5) is 0 Å². The van der Waals surface area contributed by atoms with Gasteiger partial charge in [-0.15, -0.1) is 0 Å². The highest BCUT2D eigenvalue weighted by Crippen LogP contribution is 2.41. The normalized spacial score (nSPS) is 59.1. The number of aliphatic hydroxyl groups excluding tert-OH is 4. The average molecular weight is 205 g/mol. The SMILES string of the molecule is CN1[C@H]2[C@H](O)[C@@H](O)[C@H](O)[C@]1(O)C[C@H]2O. The number of hydrogen-bond acceptors (Lipinski definition) is 6. The Kier molecular flexibility index (Phi) is 2.11. The van der Waals surface area contributed by atoms with Gasteiger partial charge in [0.15, 0.2) is 0 Å². The first kappa shape index (κ1) is 10.3. The molecule has 2 heterocycles. The van der Waals surface area contributed by atoms with Crippen molar-refractivity contribution in [2.45, 2.75) is 42.6 Å². The molecule has 0 aromatic heterocycles. The van der Waals surface area contributed by atoms with Crippen LogP contribution in [0.3, 0.4) is 0 Å². The standard InChI is InChI=1S/C8H15NO5/c1-9-4-3(10)2-8(9,14)7(13)6(12)5(4)11/h3-7,10-14H,2H2,1H3/t3-,4-,5+,6-,7+,8-/m1/s1. The molecule has 14 heavy (non-hydrogen) atoms. The second kappa shape index (κ2) is 2.88. The van der Waals surface area contributed by atoms with Crippen LogP contribution in [0.15, 0.2) is 0 Å². The molecule has 6 heteroatoms. The zero-order chi connectivity index (χ0) is 10.7. The van der Waals surface area contributed by atoms with Gasteiger partial charge in [0.25, 0.3) is 0 Å². The summed E-state index contributed by atoms with van der Waals surface area (Å²) in [5.74, 6) is 0. The lowest BCUT2D eigenvalue weighted by Gasteiger charge is -2.46. The first-order valence-electron chi connectivity index (χ1n) is 4.57. The van der Waals surface area contributed by atoms with Crippen LogP contribution < -0.4 is 0 Å². The maximum atomic E-state index is 9.96. The van der Waals surface area contributed by atoms with Gasteiger partial charge in [0.1, 0.15) is 24.0 Å². The number of likely N-dealkylation sites (N-methyl/N-ethyl adjacent to an activating group) is 1. The summed E-state index contributed by atoms with van der Waals surface area (Å²) in [6.45, 7) is 0. The molecular formula is C8H15NO5. The summed E-state index contributed by atoms with van der Waals surface area (Å²) in [7, 11) is 1.50. The summed E-state index contributed by atoms with van der Waals surface area (Å²) < 4.78 is 0. The molecule has 0 aromatic carbocycles. The average Bonchev–Trinajstić information content (AvgIpc) is 2.31. The largest absolute Gasteiger partial charge is 0.391 e. The fourth-order valence-electron chi connectivity index (χ4n) is 2.54. The summed E-state index contributed by atoms with van der Waals surface area (Å²) in [5, 5.41) is 48.1. The van der Waals surface area contributed by atoms with Crippen LogP contribution >= 0.6 is 0 Å². The lowest BCUT2D eigenvalue weighted by Crippen LogP contribution is -2.68. The van der Waals surface area contributed by atoms with E-state index in [1.165, 1.54) is 11.9 Å². The third-order valence-corrected chi connectivity index (χ3v) is 3.46. The molecule has 0 aliphatic carbocycles. The van der Waals surface area contributed by atoms with E-state index in [1.807, 2.05) is 0 Å². The van der Waals surface area contributed by atoms with E-state index >= 15 is 0 Å². The van der Waals surface area contributed by atoms with E-state index in [1.54, 1.807) is 0 Å². The minimum atomic E-state index is -1.64. The minimum Gasteiger partial charge on any atom is -0.391 e. The van der Waals surface area contributed by atoms with Gasteiger partial charge in [-0.1, -0.05) is 0 Å². The van der Waals surface area contributed by atoms with Gasteiger partial charge in [-0.2, -0.15) is 0 Å². The molecule has 0 aromatic rings. The lowest BCUT2D eigenvalue weighted by molar-refractivity contribution is -0.244. The van der Waals surface area contributed by atoms with Crippen molar-refractivity contribution in [3.63, 3.8) is 0 Å². The number of hydrogen-bond donors (Lipinski definition) is 5. The van der Waals surface area contributed by atoms with E-state index in [0.29, 0.717) is 0 Å². The number of aliphatic hydroxyl groups is 5. The van der Waals surface area contributed by atoms with Crippen molar-refractivity contribution < 1.29 is 25.5 Å². The maximum Gasteiger partial charge on any atom is 0.149 e. The maximum absolute atomic E-state index is 9.96. The molecule has 0 saturated carbocycles. The lowest BCUT2D eigenvalue weighted by atomic mass is 9.92. The van der Waals surface area contributed by atoms with Gasteiger partial charge in [-0.25, -0.2) is 0 Å². The molecule has 0 radical (unpaired) electrons. The fraction of sp³-hybridized carbons (Fsp3) is 1.00. The van der Waals surface area contributed by atoms with Gasteiger partial charge >= 0.3 is 0 Å². The van der Waals surface area contributed by atoms with E-state index in [0.717, 1.165) is 0 Å². The number of fused-ring (bicyclic) bond motifs is 2. The zero-order valence-electron chi connectivity index (χ0n) is 7.78. The Balaban J connectivity index is 2.38. The molecule has 5 N–H and O–H groups in total. The van der Waals surface area contributed by atoms with Crippen molar-refractivity contribution in [1.29, 1.82) is 0 Å². The van der Waals surface area contributed by atoms with E-state index in [9.17, 15) is 25.5 Å². The molecule has 2 aliphatic rings. The molecule has 6 atom stereocenters. The van der Waals surface area contributed by atoms with Crippen molar-refractivity contribution in [3.8, 4) is 0 Å². The van der Waals surface area contributed by atoms with Gasteiger partial charge in [-0.3, -0.25) is 4.90 Å². The van der Waals surface area contributed by atoms with Crippen molar-refractivity contribution in [3.05, 3.63) is 0 Å². The van der Waals surface area contributed by atoms with E-state index in [-0.39, 0.29) is 6.42 Å². The Morgan fingerprint density at radius 1 is 1.14 bits per heavy atom. The Bertz CT molecular complexity index is 244. The molecule has 2 rings (SSSR count). The molecular weight excluding hydrogens is 190 g/mol. The van der Waals surface area contributed by atoms with Gasteiger partial charge in [0.2, 0.25) is 0 Å². The molecule has 2 aliphatic heterocycles. The van der Waals surface area contributed by atoms with Crippen LogP contribution in [0, 0.1) is 0 Å². The minimum absolute atomic E-state index is 0.0660. The van der Waals surface area contributed by atoms with Crippen molar-refractivity contribution in [2.75, 3.05) is 7.05 Å². The highest BCUT2D eigenvalue weighted by Gasteiger charge is 2.62. The van der Waals surface area contributed by atoms with Crippen molar-refractivity contribution in [1.82, 2.24) is 4.90 Å². The predicted octanol–water partition coefficient (Wildman–Crippen LogP) is -3.16. The molecule has 0 spiro atoms. The van der Waals surface area contributed by atoms with Crippen LogP contribution in [-0.2, 0) is 0 Å². The fourth-order valence-corrected chi connectivity index (χ4v) is 2.54. The highest BCUT2D eigenvalue weighted by molar-refractivity contribution is 5.12. The highest BCUT2D eigenvalue weighted by atomic mass is 16.4. The van der Waals surface area contributed by atoms with Crippen LogP contribution in [0.25, 0.3) is 0 Å². The van der Waals surface area contributed by atoms with Gasteiger partial charge in [0.05, 0.1) is 12.1 Å². The summed E-state index contributed by atoms with van der Waals surface area (Å²) >= 11 is 0. The molecule has 0 amide bonds. The molecule has 2 saturated heterocycles. The van der Waals surface area contributed by atoms with Gasteiger partial charge in [-0.05, 0) is 7.05 Å². The quantitative estimate of drug-likeness (QED) is 0.286. The Morgan fingerprint density at radius 3 is 2.29 bits per heavy atom.